The molecule has 1 aromatic rings. The van der Waals surface area contributed by atoms with E-state index >= 15 is 0 Å². The molecule has 1 amide bonds. The number of likely N-dealkylation sites (tertiary alicyclic amines) is 1. The van der Waals surface area contributed by atoms with Gasteiger partial charge in [-0.25, -0.2) is 0 Å². The highest BCUT2D eigenvalue weighted by Crippen LogP contribution is 2.11. The summed E-state index contributed by atoms with van der Waals surface area (Å²) in [5.74, 6) is 1.24. The van der Waals surface area contributed by atoms with Crippen molar-refractivity contribution < 1.29 is 4.79 Å². The number of hydrogen-bond acceptors (Lipinski definition) is 2. The van der Waals surface area contributed by atoms with E-state index in [2.05, 4.69) is 55.4 Å². The van der Waals surface area contributed by atoms with E-state index in [1.807, 2.05) is 4.90 Å². The molecule has 0 spiro atoms. The van der Waals surface area contributed by atoms with Gasteiger partial charge in [-0.3, -0.25) is 9.79 Å². The molecule has 144 valence electrons. The molecule has 1 heterocycles. The molecule has 0 bridgehead atoms. The lowest BCUT2D eigenvalue weighted by Gasteiger charge is -2.23. The fraction of sp³-hybridized carbons (Fsp3) is 0.619. The van der Waals surface area contributed by atoms with Crippen molar-refractivity contribution in [1.82, 2.24) is 15.1 Å². The summed E-state index contributed by atoms with van der Waals surface area (Å²) in [5, 5.41) is 3.37. The highest BCUT2D eigenvalue weighted by molar-refractivity contribution is 5.79. The first-order valence-electron chi connectivity index (χ1n) is 9.93. The van der Waals surface area contributed by atoms with Crippen LogP contribution >= 0.6 is 0 Å². The third kappa shape index (κ3) is 6.70. The van der Waals surface area contributed by atoms with E-state index in [1.165, 1.54) is 17.5 Å². The number of rotatable bonds is 7. The minimum Gasteiger partial charge on any atom is -0.357 e. The first-order chi connectivity index (χ1) is 12.6. The van der Waals surface area contributed by atoms with E-state index in [1.54, 1.807) is 0 Å². The summed E-state index contributed by atoms with van der Waals surface area (Å²) >= 11 is 0. The number of aliphatic imine (C=N–C) groups is 1. The molecule has 5 heteroatoms. The van der Waals surface area contributed by atoms with Gasteiger partial charge >= 0.3 is 0 Å². The average Bonchev–Trinajstić information content (AvgIpc) is 2.84. The van der Waals surface area contributed by atoms with E-state index in [0.717, 1.165) is 57.9 Å². The lowest BCUT2D eigenvalue weighted by Crippen LogP contribution is -2.38. The summed E-state index contributed by atoms with van der Waals surface area (Å²) in [6.07, 6.45) is 4.98. The molecule has 26 heavy (non-hydrogen) atoms. The van der Waals surface area contributed by atoms with Gasteiger partial charge in [-0.1, -0.05) is 36.2 Å². The van der Waals surface area contributed by atoms with Crippen molar-refractivity contribution in [3.8, 4) is 0 Å². The van der Waals surface area contributed by atoms with Gasteiger partial charge < -0.3 is 15.1 Å². The first kappa shape index (κ1) is 20.3. The number of aryl methyl sites for hydroxylation is 1. The topological polar surface area (TPSA) is 47.9 Å². The predicted octanol–water partition coefficient (Wildman–Crippen LogP) is 3.19. The van der Waals surface area contributed by atoms with E-state index in [9.17, 15) is 4.79 Å². The fourth-order valence-electron chi connectivity index (χ4n) is 3.23. The van der Waals surface area contributed by atoms with E-state index in [-0.39, 0.29) is 0 Å². The highest BCUT2D eigenvalue weighted by Gasteiger charge is 2.15. The number of carbonyl (C=O) groups excluding carboxylic acids is 1. The van der Waals surface area contributed by atoms with Crippen LogP contribution in [0.25, 0.3) is 0 Å². The maximum Gasteiger partial charge on any atom is 0.222 e. The zero-order valence-corrected chi connectivity index (χ0v) is 16.6. The number of benzene rings is 1. The van der Waals surface area contributed by atoms with Gasteiger partial charge in [-0.15, -0.1) is 0 Å². The molecule has 0 radical (unpaired) electrons. The van der Waals surface area contributed by atoms with Gasteiger partial charge in [-0.2, -0.15) is 0 Å². The molecular weight excluding hydrogens is 324 g/mol. The number of carbonyl (C=O) groups is 1. The van der Waals surface area contributed by atoms with Gasteiger partial charge in [0.15, 0.2) is 5.96 Å². The highest BCUT2D eigenvalue weighted by atomic mass is 16.2. The Hall–Kier alpha value is -2.04. The molecule has 0 aliphatic carbocycles. The van der Waals surface area contributed by atoms with Crippen LogP contribution in [0.15, 0.2) is 29.3 Å². The monoisotopic (exact) mass is 358 g/mol. The Morgan fingerprint density at radius 1 is 1.23 bits per heavy atom. The zero-order chi connectivity index (χ0) is 18.8. The Balaban J connectivity index is 1.84. The van der Waals surface area contributed by atoms with Crippen LogP contribution in [0.2, 0.25) is 0 Å². The smallest absolute Gasteiger partial charge is 0.222 e. The van der Waals surface area contributed by atoms with E-state index in [0.29, 0.717) is 12.3 Å². The number of nitrogens with zero attached hydrogens (tertiary/aromatic N) is 3. The van der Waals surface area contributed by atoms with Crippen LogP contribution in [0.3, 0.4) is 0 Å². The molecule has 2 rings (SSSR count). The van der Waals surface area contributed by atoms with Crippen molar-refractivity contribution in [3.63, 3.8) is 0 Å². The molecule has 0 unspecified atom stereocenters. The standard InChI is InChI=1S/C21H34N4O/c1-4-22-21(24(3)17-19-12-10-18(2)11-13-19)23-14-8-16-25-15-7-5-6-9-20(25)26/h10-13H,4-9,14-17H2,1-3H3,(H,22,23). The Kier molecular flexibility index (Phi) is 8.45. The van der Waals surface area contributed by atoms with Crippen LogP contribution in [0, 0.1) is 6.92 Å². The summed E-state index contributed by atoms with van der Waals surface area (Å²) in [5.41, 5.74) is 2.55. The molecule has 1 saturated heterocycles. The van der Waals surface area contributed by atoms with Crippen molar-refractivity contribution in [2.24, 2.45) is 4.99 Å². The van der Waals surface area contributed by atoms with Crippen molar-refractivity contribution >= 4 is 11.9 Å². The number of nitrogens with one attached hydrogen (secondary N) is 1. The maximum atomic E-state index is 12.0. The normalized spacial score (nSPS) is 15.7. The van der Waals surface area contributed by atoms with Gasteiger partial charge in [0.25, 0.3) is 0 Å². The quantitative estimate of drug-likeness (QED) is 0.463. The lowest BCUT2D eigenvalue weighted by molar-refractivity contribution is -0.130. The fourth-order valence-corrected chi connectivity index (χ4v) is 3.23. The second-order valence-electron chi connectivity index (χ2n) is 7.12. The van der Waals surface area contributed by atoms with Gasteiger partial charge in [0.2, 0.25) is 5.91 Å². The Morgan fingerprint density at radius 2 is 2.00 bits per heavy atom. The Bertz CT molecular complexity index is 582. The number of hydrogen-bond donors (Lipinski definition) is 1. The summed E-state index contributed by atoms with van der Waals surface area (Å²) in [6.45, 7) is 8.35. The zero-order valence-electron chi connectivity index (χ0n) is 16.6. The van der Waals surface area contributed by atoms with Crippen LogP contribution < -0.4 is 5.32 Å². The Morgan fingerprint density at radius 3 is 2.73 bits per heavy atom. The molecule has 0 aromatic heterocycles. The third-order valence-corrected chi connectivity index (χ3v) is 4.76. The van der Waals surface area contributed by atoms with Crippen LogP contribution in [-0.2, 0) is 11.3 Å². The van der Waals surface area contributed by atoms with Crippen molar-refractivity contribution in [3.05, 3.63) is 35.4 Å². The van der Waals surface area contributed by atoms with E-state index < -0.39 is 0 Å². The summed E-state index contributed by atoms with van der Waals surface area (Å²) < 4.78 is 0. The van der Waals surface area contributed by atoms with Crippen LogP contribution in [0.5, 0.6) is 0 Å². The minimum atomic E-state index is 0.315. The van der Waals surface area contributed by atoms with Gasteiger partial charge in [0, 0.05) is 46.2 Å². The average molecular weight is 359 g/mol. The lowest BCUT2D eigenvalue weighted by atomic mass is 10.1. The van der Waals surface area contributed by atoms with E-state index in [4.69, 9.17) is 4.99 Å². The van der Waals surface area contributed by atoms with Crippen LogP contribution in [0.4, 0.5) is 0 Å². The number of guanidine groups is 1. The molecule has 0 atom stereocenters. The predicted molar refractivity (Wildman–Crippen MR) is 108 cm³/mol. The van der Waals surface area contributed by atoms with Crippen LogP contribution in [0.1, 0.15) is 50.2 Å². The van der Waals surface area contributed by atoms with Crippen molar-refractivity contribution in [2.75, 3.05) is 33.2 Å². The van der Waals surface area contributed by atoms with Gasteiger partial charge in [0.05, 0.1) is 0 Å². The molecule has 1 aliphatic rings. The maximum absolute atomic E-state index is 12.0. The third-order valence-electron chi connectivity index (χ3n) is 4.76. The second-order valence-corrected chi connectivity index (χ2v) is 7.12. The van der Waals surface area contributed by atoms with Gasteiger partial charge in [0.1, 0.15) is 0 Å². The minimum absolute atomic E-state index is 0.315. The molecule has 1 fully saturated rings. The number of amides is 1. The summed E-state index contributed by atoms with van der Waals surface area (Å²) in [6, 6.07) is 8.62. The Labute approximate surface area is 158 Å². The largest absolute Gasteiger partial charge is 0.357 e. The van der Waals surface area contributed by atoms with Crippen molar-refractivity contribution in [1.29, 1.82) is 0 Å². The molecule has 5 nitrogen and oxygen atoms in total. The molecule has 1 N–H and O–H groups in total. The van der Waals surface area contributed by atoms with Crippen molar-refractivity contribution in [2.45, 2.75) is 52.5 Å². The molecule has 0 saturated carbocycles. The summed E-state index contributed by atoms with van der Waals surface area (Å²) in [4.78, 5) is 21.0. The van der Waals surface area contributed by atoms with Crippen LogP contribution in [-0.4, -0.2) is 54.9 Å². The molecule has 1 aliphatic heterocycles. The molecule has 1 aromatic carbocycles. The summed E-state index contributed by atoms with van der Waals surface area (Å²) in [7, 11) is 2.07. The second kappa shape index (κ2) is 10.8. The SMILES string of the molecule is CCNC(=NCCCN1CCCCCC1=O)N(C)Cc1ccc(C)cc1. The first-order valence-corrected chi connectivity index (χ1v) is 9.93. The van der Waals surface area contributed by atoms with Gasteiger partial charge in [-0.05, 0) is 38.7 Å². The molecular formula is C21H34N4O.